The van der Waals surface area contributed by atoms with Gasteiger partial charge >= 0.3 is 0 Å². The number of rotatable bonds is 2. The first-order valence-corrected chi connectivity index (χ1v) is 5.66. The zero-order chi connectivity index (χ0) is 12.5. The summed E-state index contributed by atoms with van der Waals surface area (Å²) in [6.07, 6.45) is 1.69. The summed E-state index contributed by atoms with van der Waals surface area (Å²) in [5.41, 5.74) is 7.43. The topological polar surface area (TPSA) is 85.3 Å². The minimum absolute atomic E-state index is 0.0630. The normalized spacial score (nSPS) is 19.5. The number of benzene rings is 1. The maximum atomic E-state index is 11.7. The van der Waals surface area contributed by atoms with Gasteiger partial charge in [-0.1, -0.05) is 0 Å². The predicted molar refractivity (Wildman–Crippen MR) is 64.7 cm³/mol. The van der Waals surface area contributed by atoms with E-state index in [-0.39, 0.29) is 11.9 Å². The van der Waals surface area contributed by atoms with Gasteiger partial charge in [-0.3, -0.25) is 4.79 Å². The molecule has 1 aromatic carbocycles. The van der Waals surface area contributed by atoms with Crippen molar-refractivity contribution in [2.75, 3.05) is 11.4 Å². The SMILES string of the molecule is NC1CC(=O)N(c2ccc(-c3nnco3)cc2)C1. The third-order valence-corrected chi connectivity index (χ3v) is 2.94. The van der Waals surface area contributed by atoms with Crippen LogP contribution in [0.5, 0.6) is 0 Å². The van der Waals surface area contributed by atoms with Crippen LogP contribution < -0.4 is 10.6 Å². The molecule has 6 heteroatoms. The van der Waals surface area contributed by atoms with Gasteiger partial charge in [-0.2, -0.15) is 0 Å². The molecule has 6 nitrogen and oxygen atoms in total. The van der Waals surface area contributed by atoms with E-state index in [9.17, 15) is 4.79 Å². The van der Waals surface area contributed by atoms with Crippen molar-refractivity contribution in [1.29, 1.82) is 0 Å². The standard InChI is InChI=1S/C12H12N4O2/c13-9-5-11(17)16(6-9)10-3-1-8(2-4-10)12-15-14-7-18-12/h1-4,7,9H,5-6,13H2. The third-order valence-electron chi connectivity index (χ3n) is 2.94. The molecule has 1 saturated heterocycles. The van der Waals surface area contributed by atoms with Crippen LogP contribution in [0.15, 0.2) is 35.1 Å². The maximum absolute atomic E-state index is 11.7. The molecule has 1 amide bonds. The Balaban J connectivity index is 1.85. The van der Waals surface area contributed by atoms with Crippen molar-refractivity contribution in [1.82, 2.24) is 10.2 Å². The highest BCUT2D eigenvalue weighted by Crippen LogP contribution is 2.24. The number of hydrogen-bond donors (Lipinski definition) is 1. The van der Waals surface area contributed by atoms with Crippen LogP contribution in [0.25, 0.3) is 11.5 Å². The van der Waals surface area contributed by atoms with E-state index in [1.807, 2.05) is 24.3 Å². The van der Waals surface area contributed by atoms with Crippen molar-refractivity contribution in [3.63, 3.8) is 0 Å². The number of anilines is 1. The fourth-order valence-electron chi connectivity index (χ4n) is 2.07. The van der Waals surface area contributed by atoms with Crippen molar-refractivity contribution in [3.8, 4) is 11.5 Å². The smallest absolute Gasteiger partial charge is 0.247 e. The van der Waals surface area contributed by atoms with Crippen molar-refractivity contribution in [2.24, 2.45) is 5.73 Å². The Labute approximate surface area is 103 Å². The molecule has 18 heavy (non-hydrogen) atoms. The largest absolute Gasteiger partial charge is 0.423 e. The zero-order valence-electron chi connectivity index (χ0n) is 9.61. The summed E-state index contributed by atoms with van der Waals surface area (Å²) in [6.45, 7) is 0.568. The first kappa shape index (κ1) is 10.9. The molecule has 0 spiro atoms. The highest BCUT2D eigenvalue weighted by molar-refractivity contribution is 5.96. The van der Waals surface area contributed by atoms with Crippen molar-refractivity contribution >= 4 is 11.6 Å². The average molecular weight is 244 g/mol. The van der Waals surface area contributed by atoms with Gasteiger partial charge in [-0.25, -0.2) is 0 Å². The van der Waals surface area contributed by atoms with Crippen molar-refractivity contribution in [2.45, 2.75) is 12.5 Å². The molecular weight excluding hydrogens is 232 g/mol. The number of carbonyl (C=O) groups is 1. The second-order valence-corrected chi connectivity index (χ2v) is 4.26. The molecule has 0 radical (unpaired) electrons. The average Bonchev–Trinajstić information content (AvgIpc) is 2.99. The van der Waals surface area contributed by atoms with Gasteiger partial charge in [0.05, 0.1) is 0 Å². The summed E-state index contributed by atoms with van der Waals surface area (Å²) in [5.74, 6) is 0.527. The summed E-state index contributed by atoms with van der Waals surface area (Å²) >= 11 is 0. The highest BCUT2D eigenvalue weighted by Gasteiger charge is 2.27. The second kappa shape index (κ2) is 4.23. The Morgan fingerprint density at radius 1 is 1.33 bits per heavy atom. The summed E-state index contributed by atoms with van der Waals surface area (Å²) in [5, 5.41) is 7.45. The van der Waals surface area contributed by atoms with Gasteiger partial charge in [0.25, 0.3) is 0 Å². The lowest BCUT2D eigenvalue weighted by Crippen LogP contribution is -2.27. The molecule has 2 aromatic rings. The minimum atomic E-state index is -0.0758. The second-order valence-electron chi connectivity index (χ2n) is 4.26. The Hall–Kier alpha value is -2.21. The first-order chi connectivity index (χ1) is 8.74. The number of amides is 1. The van der Waals surface area contributed by atoms with Crippen LogP contribution in [0.2, 0.25) is 0 Å². The predicted octanol–water partition coefficient (Wildman–Crippen LogP) is 0.801. The molecule has 92 valence electrons. The van der Waals surface area contributed by atoms with Gasteiger partial charge in [0.1, 0.15) is 0 Å². The Kier molecular flexibility index (Phi) is 2.56. The molecule has 0 bridgehead atoms. The van der Waals surface area contributed by atoms with E-state index >= 15 is 0 Å². The summed E-state index contributed by atoms with van der Waals surface area (Å²) in [6, 6.07) is 7.33. The quantitative estimate of drug-likeness (QED) is 0.844. The number of hydrogen-bond acceptors (Lipinski definition) is 5. The minimum Gasteiger partial charge on any atom is -0.423 e. The van der Waals surface area contributed by atoms with Gasteiger partial charge in [0.15, 0.2) is 0 Å². The summed E-state index contributed by atoms with van der Waals surface area (Å²) in [4.78, 5) is 13.4. The molecular formula is C12H12N4O2. The molecule has 1 aromatic heterocycles. The fourth-order valence-corrected chi connectivity index (χ4v) is 2.07. The molecule has 1 atom stereocenters. The van der Waals surface area contributed by atoms with Gasteiger partial charge in [-0.15, -0.1) is 10.2 Å². The van der Waals surface area contributed by atoms with E-state index in [0.29, 0.717) is 18.9 Å². The lowest BCUT2D eigenvalue weighted by Gasteiger charge is -2.15. The molecule has 0 aliphatic carbocycles. The van der Waals surface area contributed by atoms with Crippen LogP contribution >= 0.6 is 0 Å². The molecule has 1 unspecified atom stereocenters. The zero-order valence-corrected chi connectivity index (χ0v) is 9.61. The van der Waals surface area contributed by atoms with E-state index in [4.69, 9.17) is 10.2 Å². The number of carbonyl (C=O) groups excluding carboxylic acids is 1. The first-order valence-electron chi connectivity index (χ1n) is 5.66. The van der Waals surface area contributed by atoms with Gasteiger partial charge in [0.2, 0.25) is 18.2 Å². The molecule has 2 N–H and O–H groups in total. The Morgan fingerprint density at radius 2 is 2.11 bits per heavy atom. The van der Waals surface area contributed by atoms with Crippen LogP contribution in [0.3, 0.4) is 0 Å². The molecule has 0 saturated carbocycles. The lowest BCUT2D eigenvalue weighted by molar-refractivity contribution is -0.117. The number of nitrogens with two attached hydrogens (primary N) is 1. The fraction of sp³-hybridized carbons (Fsp3) is 0.250. The molecule has 1 fully saturated rings. The Morgan fingerprint density at radius 3 is 2.67 bits per heavy atom. The van der Waals surface area contributed by atoms with Crippen LogP contribution in [0, 0.1) is 0 Å². The number of aromatic nitrogens is 2. The third kappa shape index (κ3) is 1.86. The van der Waals surface area contributed by atoms with Gasteiger partial charge < -0.3 is 15.1 Å². The maximum Gasteiger partial charge on any atom is 0.247 e. The number of nitrogens with zero attached hydrogens (tertiary/aromatic N) is 3. The molecule has 3 rings (SSSR count). The monoisotopic (exact) mass is 244 g/mol. The summed E-state index contributed by atoms with van der Waals surface area (Å²) in [7, 11) is 0. The van der Waals surface area contributed by atoms with E-state index in [2.05, 4.69) is 10.2 Å². The van der Waals surface area contributed by atoms with E-state index in [1.165, 1.54) is 6.39 Å². The lowest BCUT2D eigenvalue weighted by atomic mass is 10.2. The van der Waals surface area contributed by atoms with E-state index in [1.54, 1.807) is 4.90 Å². The van der Waals surface area contributed by atoms with Crippen molar-refractivity contribution < 1.29 is 9.21 Å². The van der Waals surface area contributed by atoms with Gasteiger partial charge in [0, 0.05) is 30.3 Å². The molecule has 1 aliphatic rings. The Bertz CT molecular complexity index is 550. The van der Waals surface area contributed by atoms with E-state index < -0.39 is 0 Å². The summed E-state index contributed by atoms with van der Waals surface area (Å²) < 4.78 is 5.10. The van der Waals surface area contributed by atoms with Crippen LogP contribution in [-0.2, 0) is 4.79 Å². The molecule has 1 aliphatic heterocycles. The van der Waals surface area contributed by atoms with Crippen LogP contribution in [-0.4, -0.2) is 28.7 Å². The van der Waals surface area contributed by atoms with Crippen molar-refractivity contribution in [3.05, 3.63) is 30.7 Å². The van der Waals surface area contributed by atoms with Crippen LogP contribution in [0.1, 0.15) is 6.42 Å². The molecule has 2 heterocycles. The highest BCUT2D eigenvalue weighted by atomic mass is 16.4. The van der Waals surface area contributed by atoms with Crippen LogP contribution in [0.4, 0.5) is 5.69 Å². The van der Waals surface area contributed by atoms with Gasteiger partial charge in [-0.05, 0) is 24.3 Å². The van der Waals surface area contributed by atoms with E-state index in [0.717, 1.165) is 11.3 Å².